The normalized spacial score (nSPS) is 30.2. The minimum absolute atomic E-state index is 0. The van der Waals surface area contributed by atoms with Gasteiger partial charge in [0.05, 0.1) is 5.52 Å². The number of amides is 1. The van der Waals surface area contributed by atoms with Gasteiger partial charge < -0.3 is 19.9 Å². The van der Waals surface area contributed by atoms with Crippen molar-refractivity contribution < 1.29 is 9.53 Å². The molecule has 0 bridgehead atoms. The van der Waals surface area contributed by atoms with Gasteiger partial charge in [0.25, 0.3) is 0 Å². The van der Waals surface area contributed by atoms with Crippen molar-refractivity contribution in [2.75, 3.05) is 45.6 Å². The molecule has 1 aromatic heterocycles. The number of nitrogens with one attached hydrogen (secondary N) is 1. The third-order valence-corrected chi connectivity index (χ3v) is 14.5. The Balaban J connectivity index is 0.00000523. The number of anilines is 1. The Morgan fingerprint density at radius 2 is 1.81 bits per heavy atom. The number of rotatable bonds is 14. The molecule has 8 heteroatoms. The zero-order valence-corrected chi connectivity index (χ0v) is 34.8. The molecule has 0 aliphatic heterocycles. The molecule has 4 aliphatic carbocycles. The largest absolute Gasteiger partial charge is 0.446 e. The predicted octanol–water partition coefficient (Wildman–Crippen LogP) is 11.5. The Hall–Kier alpha value is -2.02. The van der Waals surface area contributed by atoms with Crippen LogP contribution in [0, 0.1) is 46.3 Å². The molecule has 290 valence electrons. The fourth-order valence-corrected chi connectivity index (χ4v) is 11.5. The van der Waals surface area contributed by atoms with Gasteiger partial charge in [-0.25, -0.2) is 4.79 Å². The quantitative estimate of drug-likeness (QED) is 0.154. The number of ether oxygens (including phenoxy) is 1. The number of pyridine rings is 1. The fraction of sp³-hybridized carbons (Fsp3) is 0.727. The summed E-state index contributed by atoms with van der Waals surface area (Å²) in [5.74, 6) is 5.03. The molecule has 52 heavy (non-hydrogen) atoms. The van der Waals surface area contributed by atoms with Crippen molar-refractivity contribution in [2.45, 2.75) is 118 Å². The average molecular weight is 756 g/mol. The number of fused-ring (bicyclic) bond motifs is 6. The van der Waals surface area contributed by atoms with Gasteiger partial charge in [0.15, 0.2) is 0 Å². The highest BCUT2D eigenvalue weighted by atomic mass is 35.5. The Labute approximate surface area is 326 Å². The van der Waals surface area contributed by atoms with Crippen LogP contribution in [-0.2, 0) is 4.74 Å². The van der Waals surface area contributed by atoms with Gasteiger partial charge in [-0.05, 0) is 136 Å². The first kappa shape index (κ1) is 41.1. The molecule has 1 N–H and O–H groups in total. The van der Waals surface area contributed by atoms with Crippen molar-refractivity contribution in [3.05, 3.63) is 47.1 Å². The van der Waals surface area contributed by atoms with E-state index >= 15 is 0 Å². The summed E-state index contributed by atoms with van der Waals surface area (Å²) in [5.41, 5.74) is 4.27. The summed E-state index contributed by atoms with van der Waals surface area (Å²) in [6.07, 6.45) is 19.2. The van der Waals surface area contributed by atoms with E-state index in [0.29, 0.717) is 23.5 Å². The Kier molecular flexibility index (Phi) is 13.9. The van der Waals surface area contributed by atoms with Gasteiger partial charge in [0.1, 0.15) is 6.10 Å². The minimum atomic E-state index is -0.156. The molecule has 0 saturated heterocycles. The Morgan fingerprint density at radius 1 is 1.00 bits per heavy atom. The SMILES string of the molecule is CC(C)CCC[C@@H](C)[C@H]1CC[C@H]2[C@@H]3CC=C4C[C@@H](OC(=O)N(CCCNc5ccnc6cc(Cl)ccc56)CCN(C)C)CC[C@]4(C)[C@H]3CC[C@]12C.Cl. The van der Waals surface area contributed by atoms with E-state index < -0.39 is 0 Å². The number of carbonyl (C=O) groups excluding carboxylic acids is 1. The molecular formula is C44H68Cl2N4O2. The molecule has 6 nitrogen and oxygen atoms in total. The van der Waals surface area contributed by atoms with Crippen LogP contribution in [0.4, 0.5) is 10.5 Å². The van der Waals surface area contributed by atoms with E-state index in [0.717, 1.165) is 90.9 Å². The van der Waals surface area contributed by atoms with Crippen LogP contribution in [-0.4, -0.2) is 67.3 Å². The van der Waals surface area contributed by atoms with Crippen LogP contribution in [0.2, 0.25) is 5.02 Å². The number of benzene rings is 1. The standard InChI is InChI=1S/C44H67ClN4O2.ClH/c1-30(2)10-8-11-31(3)37-16-17-38-35-14-12-32-28-34(18-21-43(32,4)39(35)19-22-44(37,38)5)51-42(50)49(27-26-48(6)7)25-9-23-46-40-20-24-47-41-29-33(45)13-15-36(40)41;/h12-13,15,20,24,29-31,34-35,37-39H,8-11,14,16-19,21-23,25-28H2,1-7H3,(H,46,47);1H/t31-,34+,35+,37-,38+,39+,43+,44-;/m1./s1. The fourth-order valence-electron chi connectivity index (χ4n) is 11.4. The minimum Gasteiger partial charge on any atom is -0.446 e. The van der Waals surface area contributed by atoms with Gasteiger partial charge in [0, 0.05) is 54.9 Å². The summed E-state index contributed by atoms with van der Waals surface area (Å²) in [4.78, 5) is 22.3. The van der Waals surface area contributed by atoms with E-state index in [1.165, 1.54) is 51.4 Å². The van der Waals surface area contributed by atoms with Gasteiger partial charge in [-0.1, -0.05) is 77.1 Å². The number of halogens is 2. The first-order chi connectivity index (χ1) is 24.4. The summed E-state index contributed by atoms with van der Waals surface area (Å²) >= 11 is 6.19. The predicted molar refractivity (Wildman–Crippen MR) is 221 cm³/mol. The van der Waals surface area contributed by atoms with E-state index in [1.54, 1.807) is 5.57 Å². The molecule has 1 amide bonds. The number of nitrogens with zero attached hydrogens (tertiary/aromatic N) is 3. The highest BCUT2D eigenvalue weighted by Gasteiger charge is 2.59. The van der Waals surface area contributed by atoms with E-state index in [9.17, 15) is 4.79 Å². The second-order valence-electron chi connectivity index (χ2n) is 18.1. The second kappa shape index (κ2) is 17.6. The van der Waals surface area contributed by atoms with E-state index in [2.05, 4.69) is 70.0 Å². The monoisotopic (exact) mass is 754 g/mol. The van der Waals surface area contributed by atoms with Crippen molar-refractivity contribution in [1.82, 2.24) is 14.8 Å². The molecule has 2 aromatic rings. The first-order valence-electron chi connectivity index (χ1n) is 20.5. The Bertz CT molecular complexity index is 1530. The van der Waals surface area contributed by atoms with Gasteiger partial charge in [-0.15, -0.1) is 12.4 Å². The highest BCUT2D eigenvalue weighted by molar-refractivity contribution is 6.31. The van der Waals surface area contributed by atoms with Crippen LogP contribution >= 0.6 is 24.0 Å². The van der Waals surface area contributed by atoms with Crippen LogP contribution in [0.1, 0.15) is 112 Å². The number of allylic oxidation sites excluding steroid dienone is 1. The number of likely N-dealkylation sites (N-methyl/N-ethyl adjacent to an activating group) is 1. The van der Waals surface area contributed by atoms with Crippen molar-refractivity contribution in [1.29, 1.82) is 0 Å². The molecule has 0 spiro atoms. The van der Waals surface area contributed by atoms with Crippen molar-refractivity contribution in [3.8, 4) is 0 Å². The van der Waals surface area contributed by atoms with Crippen molar-refractivity contribution >= 4 is 46.7 Å². The van der Waals surface area contributed by atoms with Crippen LogP contribution < -0.4 is 5.32 Å². The lowest BCUT2D eigenvalue weighted by Gasteiger charge is -2.58. The van der Waals surface area contributed by atoms with E-state index in [-0.39, 0.29) is 30.0 Å². The smallest absolute Gasteiger partial charge is 0.410 e. The maximum atomic E-state index is 13.7. The molecule has 3 saturated carbocycles. The zero-order valence-electron chi connectivity index (χ0n) is 33.3. The number of carbonyl (C=O) groups is 1. The van der Waals surface area contributed by atoms with Gasteiger partial charge in [0.2, 0.25) is 0 Å². The zero-order chi connectivity index (χ0) is 36.3. The third kappa shape index (κ3) is 8.92. The maximum Gasteiger partial charge on any atom is 0.410 e. The highest BCUT2D eigenvalue weighted by Crippen LogP contribution is 2.67. The first-order valence-corrected chi connectivity index (χ1v) is 20.8. The van der Waals surface area contributed by atoms with Crippen molar-refractivity contribution in [3.63, 3.8) is 0 Å². The summed E-state index contributed by atoms with van der Waals surface area (Å²) in [6.45, 7) is 15.5. The number of hydrogen-bond acceptors (Lipinski definition) is 5. The molecule has 1 aromatic carbocycles. The number of hydrogen-bond donors (Lipinski definition) is 1. The molecule has 1 heterocycles. The lowest BCUT2D eigenvalue weighted by Crippen LogP contribution is -2.51. The summed E-state index contributed by atoms with van der Waals surface area (Å²) in [7, 11) is 4.12. The molecule has 3 fully saturated rings. The molecule has 4 aliphatic rings. The van der Waals surface area contributed by atoms with E-state index in [4.69, 9.17) is 16.3 Å². The van der Waals surface area contributed by atoms with Gasteiger partial charge >= 0.3 is 6.09 Å². The topological polar surface area (TPSA) is 57.7 Å². The van der Waals surface area contributed by atoms with Crippen molar-refractivity contribution in [2.24, 2.45) is 46.3 Å². The van der Waals surface area contributed by atoms with Crippen LogP contribution in [0.25, 0.3) is 10.9 Å². The molecule has 6 rings (SSSR count). The van der Waals surface area contributed by atoms with Crippen LogP contribution in [0.5, 0.6) is 0 Å². The summed E-state index contributed by atoms with van der Waals surface area (Å²) < 4.78 is 6.36. The van der Waals surface area contributed by atoms with E-state index in [1.807, 2.05) is 35.4 Å². The average Bonchev–Trinajstić information content (AvgIpc) is 3.45. The lowest BCUT2D eigenvalue weighted by atomic mass is 9.47. The molecule has 8 atom stereocenters. The second-order valence-corrected chi connectivity index (χ2v) is 18.6. The summed E-state index contributed by atoms with van der Waals surface area (Å²) in [5, 5.41) is 5.30. The van der Waals surface area contributed by atoms with Gasteiger partial charge in [-0.2, -0.15) is 0 Å². The maximum absolute atomic E-state index is 13.7. The molecule has 0 radical (unpaired) electrons. The lowest BCUT2D eigenvalue weighted by molar-refractivity contribution is -0.0593. The third-order valence-electron chi connectivity index (χ3n) is 14.2. The Morgan fingerprint density at radius 3 is 2.58 bits per heavy atom. The van der Waals surface area contributed by atoms with Gasteiger partial charge in [-0.3, -0.25) is 4.98 Å². The molecule has 0 unspecified atom stereocenters. The summed E-state index contributed by atoms with van der Waals surface area (Å²) in [6, 6.07) is 7.80. The van der Waals surface area contributed by atoms with Crippen LogP contribution in [0.3, 0.4) is 0 Å². The molecular weight excluding hydrogens is 687 g/mol. The number of aromatic nitrogens is 1. The van der Waals surface area contributed by atoms with Crippen LogP contribution in [0.15, 0.2) is 42.1 Å².